The molecule has 0 aliphatic carbocycles. The van der Waals surface area contributed by atoms with Crippen LogP contribution in [0.25, 0.3) is 0 Å². The number of sulfonamides is 1. The van der Waals surface area contributed by atoms with Crippen LogP contribution in [-0.2, 0) is 16.4 Å². The van der Waals surface area contributed by atoms with Crippen LogP contribution >= 0.6 is 11.6 Å². The van der Waals surface area contributed by atoms with Crippen LogP contribution in [0.2, 0.25) is 5.02 Å². The lowest BCUT2D eigenvalue weighted by atomic mass is 10.0. The third-order valence-corrected chi connectivity index (χ3v) is 5.36. The first-order valence-electron chi connectivity index (χ1n) is 7.44. The van der Waals surface area contributed by atoms with Crippen molar-refractivity contribution in [2.45, 2.75) is 17.4 Å². The molecule has 3 aromatic rings. The average molecular weight is 379 g/mol. The summed E-state index contributed by atoms with van der Waals surface area (Å²) in [5, 5.41) is 2.92. The highest BCUT2D eigenvalue weighted by Crippen LogP contribution is 2.20. The van der Waals surface area contributed by atoms with Gasteiger partial charge >= 0.3 is 5.63 Å². The molecule has 8 heteroatoms. The Morgan fingerprint density at radius 1 is 1.08 bits per heavy atom. The Hall–Kier alpha value is -2.35. The maximum absolute atomic E-state index is 12.6. The summed E-state index contributed by atoms with van der Waals surface area (Å²) in [6, 6.07) is 15.7. The predicted octanol–water partition coefficient (Wildman–Crippen LogP) is 2.88. The average Bonchev–Trinajstić information content (AvgIpc) is 3.02. The molecule has 1 aromatic heterocycles. The molecule has 130 valence electrons. The largest absolute Gasteiger partial charge is 0.357 e. The normalized spacial score (nSPS) is 12.8. The summed E-state index contributed by atoms with van der Waals surface area (Å²) in [6.45, 7) is 0. The van der Waals surface area contributed by atoms with E-state index in [0.717, 1.165) is 5.56 Å². The van der Waals surface area contributed by atoms with Crippen LogP contribution in [0.5, 0.6) is 0 Å². The molecule has 0 saturated heterocycles. The molecular weight excluding hydrogens is 364 g/mol. The molecule has 0 amide bonds. The Bertz CT molecular complexity index is 995. The maximum atomic E-state index is 12.6. The van der Waals surface area contributed by atoms with Crippen molar-refractivity contribution in [1.82, 2.24) is 9.88 Å². The highest BCUT2D eigenvalue weighted by atomic mass is 35.5. The first-order valence-corrected chi connectivity index (χ1v) is 9.30. The minimum absolute atomic E-state index is 0.0841. The van der Waals surface area contributed by atoms with Crippen LogP contribution in [0.1, 0.15) is 17.3 Å². The van der Waals surface area contributed by atoms with Gasteiger partial charge in [0, 0.05) is 11.1 Å². The van der Waals surface area contributed by atoms with E-state index in [-0.39, 0.29) is 4.90 Å². The molecule has 0 unspecified atom stereocenters. The number of rotatable bonds is 6. The summed E-state index contributed by atoms with van der Waals surface area (Å²) in [5.74, 6) is 0. The molecule has 2 N–H and O–H groups in total. The number of nitrogens with one attached hydrogen (secondary N) is 2. The topological polar surface area (TPSA) is 92.2 Å². The van der Waals surface area contributed by atoms with Gasteiger partial charge in [-0.2, -0.15) is 0 Å². The molecule has 0 spiro atoms. The van der Waals surface area contributed by atoms with Crippen molar-refractivity contribution in [2.75, 3.05) is 0 Å². The zero-order valence-corrected chi connectivity index (χ0v) is 14.5. The van der Waals surface area contributed by atoms with Gasteiger partial charge < -0.3 is 4.52 Å². The molecule has 1 atom stereocenters. The number of hydrogen-bond acceptors (Lipinski definition) is 4. The van der Waals surface area contributed by atoms with E-state index in [9.17, 15) is 13.2 Å². The van der Waals surface area contributed by atoms with Crippen LogP contribution in [0, 0.1) is 0 Å². The number of aromatic nitrogens is 1. The molecule has 0 aliphatic rings. The summed E-state index contributed by atoms with van der Waals surface area (Å²) in [4.78, 5) is 11.4. The lowest BCUT2D eigenvalue weighted by Crippen LogP contribution is -2.30. The number of halogens is 1. The molecule has 2 aromatic carbocycles. The summed E-state index contributed by atoms with van der Waals surface area (Å²) in [7, 11) is -3.81. The summed E-state index contributed by atoms with van der Waals surface area (Å²) >= 11 is 5.81. The van der Waals surface area contributed by atoms with Crippen molar-refractivity contribution in [1.29, 1.82) is 0 Å². The second-order valence-corrected chi connectivity index (χ2v) is 7.59. The zero-order valence-electron chi connectivity index (χ0n) is 13.0. The molecule has 0 bridgehead atoms. The van der Waals surface area contributed by atoms with Crippen molar-refractivity contribution >= 4 is 21.6 Å². The van der Waals surface area contributed by atoms with Crippen LogP contribution < -0.4 is 10.3 Å². The van der Waals surface area contributed by atoms with Gasteiger partial charge in [0.1, 0.15) is 0 Å². The second kappa shape index (κ2) is 7.26. The van der Waals surface area contributed by atoms with E-state index >= 15 is 0 Å². The molecule has 0 radical (unpaired) electrons. The van der Waals surface area contributed by atoms with E-state index in [4.69, 9.17) is 11.6 Å². The monoisotopic (exact) mass is 378 g/mol. The number of hydrogen-bond donors (Lipinski definition) is 2. The van der Waals surface area contributed by atoms with Crippen LogP contribution in [-0.4, -0.2) is 13.6 Å². The SMILES string of the molecule is O=c1cc([C@@H](Cc2ccccc2)NS(=O)(=O)c2ccc(Cl)cc2)[nH]o1. The van der Waals surface area contributed by atoms with Crippen molar-refractivity contribution in [2.24, 2.45) is 0 Å². The minimum atomic E-state index is -3.81. The first-order chi connectivity index (χ1) is 11.9. The lowest BCUT2D eigenvalue weighted by molar-refractivity contribution is 0.377. The zero-order chi connectivity index (χ0) is 17.9. The fraction of sp³-hybridized carbons (Fsp3) is 0.118. The Morgan fingerprint density at radius 2 is 1.76 bits per heavy atom. The third-order valence-electron chi connectivity index (χ3n) is 3.62. The molecule has 0 fully saturated rings. The summed E-state index contributed by atoms with van der Waals surface area (Å²) < 4.78 is 32.6. The molecule has 0 aliphatic heterocycles. The van der Waals surface area contributed by atoms with Gasteiger partial charge in [-0.15, -0.1) is 0 Å². The number of H-pyrrole nitrogens is 1. The van der Waals surface area contributed by atoms with Gasteiger partial charge in [0.05, 0.1) is 16.6 Å². The van der Waals surface area contributed by atoms with Gasteiger partial charge in [-0.05, 0) is 36.2 Å². The van der Waals surface area contributed by atoms with Crippen molar-refractivity contribution in [3.05, 3.63) is 87.4 Å². The number of aromatic amines is 1. The van der Waals surface area contributed by atoms with Crippen LogP contribution in [0.4, 0.5) is 0 Å². The smallest absolute Gasteiger partial charge is 0.339 e. The van der Waals surface area contributed by atoms with Crippen molar-refractivity contribution < 1.29 is 12.9 Å². The summed E-state index contributed by atoms with van der Waals surface area (Å²) in [5.41, 5.74) is 0.693. The predicted molar refractivity (Wildman–Crippen MR) is 94.0 cm³/mol. The van der Waals surface area contributed by atoms with Crippen molar-refractivity contribution in [3.8, 4) is 0 Å². The van der Waals surface area contributed by atoms with Crippen LogP contribution in [0.15, 0.2) is 74.9 Å². The molecular formula is C17H15ClN2O4S. The van der Waals surface area contributed by atoms with Gasteiger partial charge in [0.15, 0.2) is 0 Å². The van der Waals surface area contributed by atoms with Gasteiger partial charge in [0.2, 0.25) is 10.0 Å². The second-order valence-electron chi connectivity index (χ2n) is 5.44. The Morgan fingerprint density at radius 3 is 2.36 bits per heavy atom. The third kappa shape index (κ3) is 4.39. The molecule has 3 rings (SSSR count). The fourth-order valence-corrected chi connectivity index (χ4v) is 3.74. The maximum Gasteiger partial charge on any atom is 0.357 e. The fourth-order valence-electron chi connectivity index (χ4n) is 2.40. The lowest BCUT2D eigenvalue weighted by Gasteiger charge is -2.17. The van der Waals surface area contributed by atoms with E-state index in [1.54, 1.807) is 0 Å². The van der Waals surface area contributed by atoms with E-state index in [1.807, 2.05) is 30.3 Å². The molecule has 25 heavy (non-hydrogen) atoms. The Labute approximate surface area is 149 Å². The van der Waals surface area contributed by atoms with E-state index in [0.29, 0.717) is 17.1 Å². The highest BCUT2D eigenvalue weighted by Gasteiger charge is 2.23. The first kappa shape index (κ1) is 17.5. The summed E-state index contributed by atoms with van der Waals surface area (Å²) in [6.07, 6.45) is 0.350. The Kier molecular flexibility index (Phi) is 5.08. The van der Waals surface area contributed by atoms with E-state index < -0.39 is 21.7 Å². The number of benzene rings is 2. The van der Waals surface area contributed by atoms with E-state index in [2.05, 4.69) is 14.4 Å². The van der Waals surface area contributed by atoms with Gasteiger partial charge in [-0.25, -0.2) is 23.1 Å². The van der Waals surface area contributed by atoms with Crippen molar-refractivity contribution in [3.63, 3.8) is 0 Å². The van der Waals surface area contributed by atoms with Gasteiger partial charge in [0.25, 0.3) is 0 Å². The minimum Gasteiger partial charge on any atom is -0.339 e. The molecule has 6 nitrogen and oxygen atoms in total. The molecule has 0 saturated carbocycles. The standard InChI is InChI=1S/C17H15ClN2O4S/c18-13-6-8-14(9-7-13)25(22,23)20-16(15-11-17(21)24-19-15)10-12-4-2-1-3-5-12/h1-9,11,16,19-20H,10H2/t16-/m1/s1. The Balaban J connectivity index is 1.91. The molecule has 1 heterocycles. The quantitative estimate of drug-likeness (QED) is 0.689. The van der Waals surface area contributed by atoms with E-state index in [1.165, 1.54) is 30.3 Å². The van der Waals surface area contributed by atoms with Gasteiger partial charge in [-0.1, -0.05) is 41.9 Å². The highest BCUT2D eigenvalue weighted by molar-refractivity contribution is 7.89. The van der Waals surface area contributed by atoms with Crippen LogP contribution in [0.3, 0.4) is 0 Å². The van der Waals surface area contributed by atoms with Gasteiger partial charge in [-0.3, -0.25) is 0 Å².